The molecule has 2 fully saturated rings. The van der Waals surface area contributed by atoms with Crippen LogP contribution in [0.2, 0.25) is 10.0 Å². The van der Waals surface area contributed by atoms with Crippen molar-refractivity contribution in [1.82, 2.24) is 9.80 Å². The van der Waals surface area contributed by atoms with E-state index in [1.165, 1.54) is 31.4 Å². The van der Waals surface area contributed by atoms with Crippen LogP contribution in [0.25, 0.3) is 6.08 Å². The van der Waals surface area contributed by atoms with E-state index in [1.54, 1.807) is 23.1 Å². The van der Waals surface area contributed by atoms with Crippen LogP contribution in [-0.2, 0) is 14.3 Å². The number of imide groups is 1. The minimum Gasteiger partial charge on any atom is -0.493 e. The molecule has 36 heavy (non-hydrogen) atoms. The number of rotatable bonds is 6. The smallest absolute Gasteiger partial charge is 0.345 e. The molecule has 2 aromatic rings. The lowest BCUT2D eigenvalue weighted by Gasteiger charge is -2.28. The Labute approximate surface area is 220 Å². The second kappa shape index (κ2) is 11.3. The van der Waals surface area contributed by atoms with Gasteiger partial charge in [0.1, 0.15) is 6.54 Å². The first-order valence-corrected chi connectivity index (χ1v) is 12.3. The second-order valence-electron chi connectivity index (χ2n) is 7.65. The Kier molecular flexibility index (Phi) is 8.20. The number of benzene rings is 2. The number of para-hydroxylation sites is 1. The SMILES string of the molecule is COc1cccc(/C=C2\SC(=O)N(CC(=O)N3CCOCC3)C2=O)c1OC(=O)c1ccc(Cl)cc1Cl. The van der Waals surface area contributed by atoms with Crippen LogP contribution < -0.4 is 9.47 Å². The van der Waals surface area contributed by atoms with Crippen LogP contribution in [-0.4, -0.2) is 72.8 Å². The highest BCUT2D eigenvalue weighted by Crippen LogP contribution is 2.38. The molecule has 2 aliphatic rings. The molecule has 0 atom stereocenters. The standard InChI is InChI=1S/C24H20Cl2N2O7S/c1-33-18-4-2-3-14(21(18)35-23(31)16-6-5-15(25)12-17(16)26)11-19-22(30)28(24(32)36-19)13-20(29)27-7-9-34-10-8-27/h2-6,11-12H,7-10,13H2,1H3/b19-11-. The number of halogens is 2. The minimum absolute atomic E-state index is 0.0345. The number of carbonyl (C=O) groups is 4. The van der Waals surface area contributed by atoms with E-state index in [-0.39, 0.29) is 39.4 Å². The molecule has 0 aliphatic carbocycles. The van der Waals surface area contributed by atoms with Crippen molar-refractivity contribution in [2.24, 2.45) is 0 Å². The van der Waals surface area contributed by atoms with Crippen LogP contribution in [0.3, 0.4) is 0 Å². The van der Waals surface area contributed by atoms with Crippen molar-refractivity contribution in [2.45, 2.75) is 0 Å². The van der Waals surface area contributed by atoms with Gasteiger partial charge in [0, 0.05) is 23.7 Å². The van der Waals surface area contributed by atoms with Crippen molar-refractivity contribution in [3.05, 3.63) is 62.5 Å². The summed E-state index contributed by atoms with van der Waals surface area (Å²) in [6, 6.07) is 9.17. The van der Waals surface area contributed by atoms with Gasteiger partial charge in [0.25, 0.3) is 11.1 Å². The van der Waals surface area contributed by atoms with Crippen LogP contribution in [0.15, 0.2) is 41.3 Å². The van der Waals surface area contributed by atoms with Gasteiger partial charge < -0.3 is 19.1 Å². The van der Waals surface area contributed by atoms with Crippen molar-refractivity contribution in [2.75, 3.05) is 40.0 Å². The predicted octanol–water partition coefficient (Wildman–Crippen LogP) is 4.12. The van der Waals surface area contributed by atoms with Gasteiger partial charge in [0.15, 0.2) is 11.5 Å². The molecule has 2 saturated heterocycles. The Morgan fingerprint density at radius 2 is 1.89 bits per heavy atom. The zero-order valence-corrected chi connectivity index (χ0v) is 21.3. The molecule has 0 spiro atoms. The highest BCUT2D eigenvalue weighted by atomic mass is 35.5. The topological polar surface area (TPSA) is 102 Å². The van der Waals surface area contributed by atoms with E-state index in [1.807, 2.05) is 0 Å². The van der Waals surface area contributed by atoms with Gasteiger partial charge in [-0.15, -0.1) is 0 Å². The average Bonchev–Trinajstić information content (AvgIpc) is 3.12. The molecule has 0 unspecified atom stereocenters. The third kappa shape index (κ3) is 5.67. The van der Waals surface area contributed by atoms with Crippen molar-refractivity contribution in [3.8, 4) is 11.5 Å². The number of ether oxygens (including phenoxy) is 3. The van der Waals surface area contributed by atoms with Crippen LogP contribution in [0.4, 0.5) is 4.79 Å². The highest BCUT2D eigenvalue weighted by molar-refractivity contribution is 8.18. The summed E-state index contributed by atoms with van der Waals surface area (Å²) >= 11 is 12.7. The van der Waals surface area contributed by atoms with E-state index in [4.69, 9.17) is 37.4 Å². The average molecular weight is 551 g/mol. The Bertz CT molecular complexity index is 1260. The molecule has 188 valence electrons. The zero-order chi connectivity index (χ0) is 25.8. The lowest BCUT2D eigenvalue weighted by molar-refractivity contribution is -0.139. The Morgan fingerprint density at radius 3 is 2.58 bits per heavy atom. The number of nitrogens with zero attached hydrogens (tertiary/aromatic N) is 2. The molecule has 2 aliphatic heterocycles. The summed E-state index contributed by atoms with van der Waals surface area (Å²) in [6.45, 7) is 1.26. The largest absolute Gasteiger partial charge is 0.493 e. The summed E-state index contributed by atoms with van der Waals surface area (Å²) in [6.07, 6.45) is 1.42. The third-order valence-corrected chi connectivity index (χ3v) is 6.85. The van der Waals surface area contributed by atoms with Gasteiger partial charge in [-0.2, -0.15) is 0 Å². The fourth-order valence-electron chi connectivity index (χ4n) is 3.54. The maximum Gasteiger partial charge on any atom is 0.345 e. The number of methoxy groups -OCH3 is 1. The highest BCUT2D eigenvalue weighted by Gasteiger charge is 2.37. The fraction of sp³-hybridized carbons (Fsp3) is 0.250. The Hall–Kier alpha value is -3.05. The first-order valence-electron chi connectivity index (χ1n) is 10.7. The first kappa shape index (κ1) is 26.0. The van der Waals surface area contributed by atoms with Gasteiger partial charge in [0.2, 0.25) is 5.91 Å². The molecule has 0 radical (unpaired) electrons. The number of carbonyl (C=O) groups excluding carboxylic acids is 4. The monoisotopic (exact) mass is 550 g/mol. The van der Waals surface area contributed by atoms with Gasteiger partial charge in [0.05, 0.1) is 35.8 Å². The van der Waals surface area contributed by atoms with Gasteiger partial charge in [-0.3, -0.25) is 19.3 Å². The molecule has 4 rings (SSSR count). The summed E-state index contributed by atoms with van der Waals surface area (Å²) in [5.74, 6) is -1.46. The second-order valence-corrected chi connectivity index (χ2v) is 9.49. The fourth-order valence-corrected chi connectivity index (χ4v) is 4.86. The predicted molar refractivity (Wildman–Crippen MR) is 134 cm³/mol. The number of esters is 1. The molecule has 2 heterocycles. The summed E-state index contributed by atoms with van der Waals surface area (Å²) in [5.41, 5.74) is 0.401. The molecule has 9 nitrogen and oxygen atoms in total. The van der Waals surface area contributed by atoms with Crippen LogP contribution in [0.5, 0.6) is 11.5 Å². The van der Waals surface area contributed by atoms with Gasteiger partial charge in [-0.05, 0) is 42.1 Å². The first-order chi connectivity index (χ1) is 17.3. The van der Waals surface area contributed by atoms with E-state index in [0.29, 0.717) is 48.7 Å². The number of thioether (sulfide) groups is 1. The molecule has 12 heteroatoms. The number of amides is 3. The molecule has 2 aromatic carbocycles. The lowest BCUT2D eigenvalue weighted by Crippen LogP contribution is -2.46. The van der Waals surface area contributed by atoms with Gasteiger partial charge in [-0.25, -0.2) is 4.79 Å². The van der Waals surface area contributed by atoms with E-state index in [0.717, 1.165) is 4.90 Å². The molecule has 0 saturated carbocycles. The van der Waals surface area contributed by atoms with Crippen LogP contribution in [0.1, 0.15) is 15.9 Å². The number of morpholine rings is 1. The maximum absolute atomic E-state index is 13.0. The molecular weight excluding hydrogens is 531 g/mol. The van der Waals surface area contributed by atoms with E-state index in [9.17, 15) is 19.2 Å². The summed E-state index contributed by atoms with van der Waals surface area (Å²) in [5, 5.41) is -0.102. The number of hydrogen-bond acceptors (Lipinski definition) is 8. The Morgan fingerprint density at radius 1 is 1.14 bits per heavy atom. The zero-order valence-electron chi connectivity index (χ0n) is 19.0. The Balaban J connectivity index is 1.58. The van der Waals surface area contributed by atoms with E-state index >= 15 is 0 Å². The lowest BCUT2D eigenvalue weighted by atomic mass is 10.1. The van der Waals surface area contributed by atoms with E-state index < -0.39 is 17.1 Å². The molecule has 0 N–H and O–H groups in total. The van der Waals surface area contributed by atoms with Crippen molar-refractivity contribution >= 4 is 64.1 Å². The molecule has 0 bridgehead atoms. The van der Waals surface area contributed by atoms with Crippen molar-refractivity contribution in [1.29, 1.82) is 0 Å². The molecule has 3 amide bonds. The quantitative estimate of drug-likeness (QED) is 0.300. The molecule has 0 aromatic heterocycles. The van der Waals surface area contributed by atoms with Crippen LogP contribution >= 0.6 is 35.0 Å². The number of hydrogen-bond donors (Lipinski definition) is 0. The summed E-state index contributed by atoms with van der Waals surface area (Å²) in [4.78, 5) is 53.4. The minimum atomic E-state index is -0.764. The van der Waals surface area contributed by atoms with Crippen LogP contribution in [0, 0.1) is 0 Å². The third-order valence-electron chi connectivity index (χ3n) is 5.39. The maximum atomic E-state index is 13.0. The summed E-state index contributed by atoms with van der Waals surface area (Å²) in [7, 11) is 1.40. The van der Waals surface area contributed by atoms with Gasteiger partial charge in [-0.1, -0.05) is 35.3 Å². The van der Waals surface area contributed by atoms with Crippen molar-refractivity contribution in [3.63, 3.8) is 0 Å². The van der Waals surface area contributed by atoms with E-state index in [2.05, 4.69) is 0 Å². The van der Waals surface area contributed by atoms with Crippen molar-refractivity contribution < 1.29 is 33.4 Å². The summed E-state index contributed by atoms with van der Waals surface area (Å²) < 4.78 is 16.2. The molecular formula is C24H20Cl2N2O7S. The normalized spacial score (nSPS) is 17.0. The van der Waals surface area contributed by atoms with Gasteiger partial charge >= 0.3 is 5.97 Å².